The number of nitrogens with one attached hydrogen (secondary N) is 1. The largest absolute Gasteiger partial charge is 0.445 e. The highest BCUT2D eigenvalue weighted by Gasteiger charge is 2.42. The molecule has 2 N–H and O–H groups in total. The van der Waals surface area contributed by atoms with E-state index >= 15 is 0 Å². The van der Waals surface area contributed by atoms with Crippen molar-refractivity contribution in [2.24, 2.45) is 0 Å². The molecule has 0 saturated carbocycles. The number of carbonyl (C=O) groups is 3. The summed E-state index contributed by atoms with van der Waals surface area (Å²) in [6.07, 6.45) is 3.59. The first-order chi connectivity index (χ1) is 24.4. The maximum absolute atomic E-state index is 13.4. The van der Waals surface area contributed by atoms with E-state index < -0.39 is 30.2 Å². The van der Waals surface area contributed by atoms with Crippen LogP contribution in [0.5, 0.6) is 0 Å². The molecule has 4 heterocycles. The molecule has 11 nitrogen and oxygen atoms in total. The van der Waals surface area contributed by atoms with Gasteiger partial charge in [0.25, 0.3) is 5.91 Å². The van der Waals surface area contributed by atoms with E-state index in [4.69, 9.17) is 14.2 Å². The van der Waals surface area contributed by atoms with Gasteiger partial charge in [-0.25, -0.2) is 9.69 Å². The third-order valence-corrected chi connectivity index (χ3v) is 10.3. The molecule has 3 aromatic carbocycles. The van der Waals surface area contributed by atoms with Crippen LogP contribution >= 0.6 is 0 Å². The number of aliphatic hydroxyl groups excluding tert-OH is 1. The van der Waals surface area contributed by atoms with Crippen LogP contribution in [0, 0.1) is 0 Å². The molecule has 1 unspecified atom stereocenters. The Balaban J connectivity index is 1.05. The lowest BCUT2D eigenvalue weighted by Gasteiger charge is -2.39. The van der Waals surface area contributed by atoms with Gasteiger partial charge in [0, 0.05) is 31.1 Å². The molecular formula is C39H46N4O7. The first-order valence-corrected chi connectivity index (χ1v) is 17.8. The molecule has 4 saturated heterocycles. The Morgan fingerprint density at radius 1 is 0.860 bits per heavy atom. The van der Waals surface area contributed by atoms with Crippen LogP contribution in [0.15, 0.2) is 78.9 Å². The number of nitrogens with zero attached hydrogens (tertiary/aromatic N) is 3. The van der Waals surface area contributed by atoms with Crippen molar-refractivity contribution in [1.82, 2.24) is 15.1 Å². The summed E-state index contributed by atoms with van der Waals surface area (Å²) in [5, 5.41) is 12.2. The van der Waals surface area contributed by atoms with Crippen LogP contribution in [0.2, 0.25) is 0 Å². The standard InChI is InChI=1S/C39H46N4O7/c44-25-27-13-15-29(16-14-27)35-21-33(24-42-19-7-12-32(42)23-41-17-4-5-18-41)49-38(50-35)30-10-6-11-31(20-30)43-36(45)22-34(37(43)46)40-39(47)48-26-28-8-2-1-3-9-28/h1-3,6,8-11,13-16,20,32-35,38,44H,4-5,7,12,17-19,21-26H2,(H,40,47)/t32-,33+,34?,35-,38-/m0/s1. The monoisotopic (exact) mass is 682 g/mol. The van der Waals surface area contributed by atoms with Crippen molar-refractivity contribution in [3.63, 3.8) is 0 Å². The van der Waals surface area contributed by atoms with E-state index in [0.29, 0.717) is 23.7 Å². The first kappa shape index (κ1) is 34.3. The van der Waals surface area contributed by atoms with Crippen LogP contribution in [0.1, 0.15) is 73.2 Å². The van der Waals surface area contributed by atoms with Gasteiger partial charge in [-0.05, 0) is 74.1 Å². The van der Waals surface area contributed by atoms with Gasteiger partial charge in [0.2, 0.25) is 5.91 Å². The predicted molar refractivity (Wildman–Crippen MR) is 186 cm³/mol. The molecule has 0 spiro atoms. The first-order valence-electron chi connectivity index (χ1n) is 17.8. The van der Waals surface area contributed by atoms with Crippen LogP contribution < -0.4 is 10.2 Å². The van der Waals surface area contributed by atoms with Gasteiger partial charge in [-0.1, -0.05) is 66.7 Å². The molecule has 3 aromatic rings. The van der Waals surface area contributed by atoms with Crippen LogP contribution in [0.25, 0.3) is 0 Å². The molecule has 0 aliphatic carbocycles. The average molecular weight is 683 g/mol. The number of aliphatic hydroxyl groups is 1. The number of anilines is 1. The molecule has 50 heavy (non-hydrogen) atoms. The highest BCUT2D eigenvalue weighted by molar-refractivity contribution is 6.22. The van der Waals surface area contributed by atoms with Gasteiger partial charge in [-0.15, -0.1) is 0 Å². The van der Waals surface area contributed by atoms with E-state index in [-0.39, 0.29) is 31.8 Å². The van der Waals surface area contributed by atoms with Crippen molar-refractivity contribution in [3.05, 3.63) is 101 Å². The fraction of sp³-hybridized carbons (Fsp3) is 0.462. The summed E-state index contributed by atoms with van der Waals surface area (Å²) in [6, 6.07) is 23.7. The number of alkyl carbamates (subject to hydrolysis) is 1. The van der Waals surface area contributed by atoms with Gasteiger partial charge < -0.3 is 29.5 Å². The predicted octanol–water partition coefficient (Wildman–Crippen LogP) is 4.84. The number of benzene rings is 3. The normalized spacial score (nSPS) is 26.1. The quantitative estimate of drug-likeness (QED) is 0.274. The minimum atomic E-state index is -1.03. The van der Waals surface area contributed by atoms with Gasteiger partial charge >= 0.3 is 6.09 Å². The third-order valence-electron chi connectivity index (χ3n) is 10.3. The smallest absolute Gasteiger partial charge is 0.408 e. The summed E-state index contributed by atoms with van der Waals surface area (Å²) in [7, 11) is 0. The van der Waals surface area contributed by atoms with Crippen molar-refractivity contribution >= 4 is 23.6 Å². The zero-order valence-corrected chi connectivity index (χ0v) is 28.3. The number of carbonyl (C=O) groups excluding carboxylic acids is 3. The molecule has 3 amide bonds. The number of hydrogen-bond acceptors (Lipinski definition) is 9. The van der Waals surface area contributed by atoms with E-state index in [1.165, 1.54) is 38.8 Å². The molecule has 11 heteroatoms. The summed E-state index contributed by atoms with van der Waals surface area (Å²) < 4.78 is 18.6. The summed E-state index contributed by atoms with van der Waals surface area (Å²) in [6.45, 7) is 5.32. The number of likely N-dealkylation sites (tertiary alicyclic amines) is 2. The SMILES string of the molecule is O=C(NC1CC(=O)N(c2cccc([C@H]3O[C@@H](CN4CCC[C@H]4CN4CCCC4)C[C@@H](c4ccc(CO)cc4)O3)c2)C1=O)OCc1ccccc1. The molecule has 4 aliphatic heterocycles. The Kier molecular flexibility index (Phi) is 10.9. The number of ether oxygens (including phenoxy) is 3. The van der Waals surface area contributed by atoms with Crippen molar-refractivity contribution in [3.8, 4) is 0 Å². The van der Waals surface area contributed by atoms with Crippen LogP contribution in [0.4, 0.5) is 10.5 Å². The third kappa shape index (κ3) is 8.08. The molecule has 4 fully saturated rings. The zero-order valence-electron chi connectivity index (χ0n) is 28.3. The second-order valence-electron chi connectivity index (χ2n) is 13.8. The summed E-state index contributed by atoms with van der Waals surface area (Å²) in [5.41, 5.74) is 3.74. The fourth-order valence-electron chi connectivity index (χ4n) is 7.63. The van der Waals surface area contributed by atoms with E-state index in [0.717, 1.165) is 41.2 Å². The molecule has 0 radical (unpaired) electrons. The van der Waals surface area contributed by atoms with Crippen LogP contribution in [0.3, 0.4) is 0 Å². The maximum atomic E-state index is 13.4. The minimum Gasteiger partial charge on any atom is -0.445 e. The van der Waals surface area contributed by atoms with Crippen molar-refractivity contribution < 1.29 is 33.7 Å². The Hall–Kier alpha value is -4.13. The van der Waals surface area contributed by atoms with E-state index in [2.05, 4.69) is 15.1 Å². The van der Waals surface area contributed by atoms with Crippen LogP contribution in [-0.4, -0.2) is 83.7 Å². The number of hydrogen-bond donors (Lipinski definition) is 2. The fourth-order valence-corrected chi connectivity index (χ4v) is 7.63. The Bertz CT molecular complexity index is 1630. The van der Waals surface area contributed by atoms with Gasteiger partial charge in [0.1, 0.15) is 12.6 Å². The summed E-state index contributed by atoms with van der Waals surface area (Å²) >= 11 is 0. The lowest BCUT2D eigenvalue weighted by molar-refractivity contribution is -0.253. The van der Waals surface area contributed by atoms with Gasteiger partial charge in [-0.3, -0.25) is 14.5 Å². The second kappa shape index (κ2) is 15.8. The van der Waals surface area contributed by atoms with E-state index in [1.807, 2.05) is 60.7 Å². The molecule has 0 bridgehead atoms. The Labute approximate surface area is 293 Å². The lowest BCUT2D eigenvalue weighted by atomic mass is 9.99. The van der Waals surface area contributed by atoms with Crippen molar-refractivity contribution in [2.45, 2.75) is 82.3 Å². The Morgan fingerprint density at radius 3 is 2.44 bits per heavy atom. The number of imide groups is 1. The molecule has 4 aliphatic rings. The topological polar surface area (TPSA) is 121 Å². The lowest BCUT2D eigenvalue weighted by Crippen LogP contribution is -2.45. The van der Waals surface area contributed by atoms with Crippen molar-refractivity contribution in [2.75, 3.05) is 37.6 Å². The summed E-state index contributed by atoms with van der Waals surface area (Å²) in [4.78, 5) is 45.4. The average Bonchev–Trinajstić information content (AvgIpc) is 3.89. The van der Waals surface area contributed by atoms with Gasteiger partial charge in [-0.2, -0.15) is 0 Å². The van der Waals surface area contributed by atoms with Crippen LogP contribution in [-0.2, 0) is 37.0 Å². The molecule has 264 valence electrons. The maximum Gasteiger partial charge on any atom is 0.408 e. The van der Waals surface area contributed by atoms with E-state index in [1.54, 1.807) is 18.2 Å². The Morgan fingerprint density at radius 2 is 1.66 bits per heavy atom. The number of rotatable bonds is 11. The molecule has 5 atom stereocenters. The highest BCUT2D eigenvalue weighted by atomic mass is 16.7. The highest BCUT2D eigenvalue weighted by Crippen LogP contribution is 2.40. The molecular weight excluding hydrogens is 636 g/mol. The summed E-state index contributed by atoms with van der Waals surface area (Å²) in [5.74, 6) is -0.934. The zero-order chi connectivity index (χ0) is 34.5. The van der Waals surface area contributed by atoms with Gasteiger partial charge in [0.05, 0.1) is 30.9 Å². The second-order valence-corrected chi connectivity index (χ2v) is 13.8. The molecule has 7 rings (SSSR count). The van der Waals surface area contributed by atoms with Crippen molar-refractivity contribution in [1.29, 1.82) is 0 Å². The molecule has 0 aromatic heterocycles. The van der Waals surface area contributed by atoms with E-state index in [9.17, 15) is 19.5 Å². The van der Waals surface area contributed by atoms with Gasteiger partial charge in [0.15, 0.2) is 6.29 Å². The number of amides is 3. The minimum absolute atomic E-state index is 0.0283.